The van der Waals surface area contributed by atoms with Crippen molar-refractivity contribution in [1.82, 2.24) is 15.6 Å². The third-order valence-electron chi connectivity index (χ3n) is 3.02. The summed E-state index contributed by atoms with van der Waals surface area (Å²) in [7, 11) is 4.04. The summed E-state index contributed by atoms with van der Waals surface area (Å²) in [6, 6.07) is 2.57. The zero-order chi connectivity index (χ0) is 11.3. The van der Waals surface area contributed by atoms with Crippen LogP contribution in [0.3, 0.4) is 0 Å². The number of hydrogen-bond acceptors (Lipinski definition) is 2. The maximum absolute atomic E-state index is 3.41. The van der Waals surface area contributed by atoms with Gasteiger partial charge in [0.25, 0.3) is 0 Å². The molecule has 2 atom stereocenters. The molecule has 0 saturated carbocycles. The van der Waals surface area contributed by atoms with Crippen molar-refractivity contribution in [1.29, 1.82) is 0 Å². The number of hydrogen-bond donors (Lipinski definition) is 3. The summed E-state index contributed by atoms with van der Waals surface area (Å²) in [5.41, 5.74) is 1.34. The maximum atomic E-state index is 3.41. The summed E-state index contributed by atoms with van der Waals surface area (Å²) in [4.78, 5) is 3.12. The highest BCUT2D eigenvalue weighted by Gasteiger charge is 2.24. The zero-order valence-corrected chi connectivity index (χ0v) is 10.2. The van der Waals surface area contributed by atoms with E-state index in [4.69, 9.17) is 0 Å². The second-order valence-electron chi connectivity index (χ2n) is 4.38. The number of aromatic amines is 1. The van der Waals surface area contributed by atoms with Crippen molar-refractivity contribution >= 4 is 0 Å². The number of rotatable bonds is 6. The Kier molecular flexibility index (Phi) is 4.85. The van der Waals surface area contributed by atoms with Gasteiger partial charge in [-0.05, 0) is 44.1 Å². The molecule has 0 aliphatic carbocycles. The van der Waals surface area contributed by atoms with Gasteiger partial charge < -0.3 is 15.6 Å². The molecule has 0 aliphatic rings. The topological polar surface area (TPSA) is 39.8 Å². The third kappa shape index (κ3) is 3.08. The van der Waals surface area contributed by atoms with Crippen LogP contribution in [0, 0.1) is 11.8 Å². The lowest BCUT2D eigenvalue weighted by Crippen LogP contribution is -2.35. The summed E-state index contributed by atoms with van der Waals surface area (Å²) in [5, 5.41) is 6.69. The van der Waals surface area contributed by atoms with E-state index in [1.54, 1.807) is 0 Å². The van der Waals surface area contributed by atoms with E-state index < -0.39 is 0 Å². The molecule has 3 nitrogen and oxygen atoms in total. The quantitative estimate of drug-likeness (QED) is 0.668. The zero-order valence-electron chi connectivity index (χ0n) is 10.2. The molecule has 1 rings (SSSR count). The number of nitrogens with one attached hydrogen (secondary N) is 3. The smallest absolute Gasteiger partial charge is 0.0375 e. The molecule has 0 spiro atoms. The first-order chi connectivity index (χ1) is 7.20. The van der Waals surface area contributed by atoms with Crippen molar-refractivity contribution in [3.05, 3.63) is 24.0 Å². The molecule has 15 heavy (non-hydrogen) atoms. The van der Waals surface area contributed by atoms with Crippen molar-refractivity contribution < 1.29 is 0 Å². The van der Waals surface area contributed by atoms with Crippen LogP contribution in [0.4, 0.5) is 0 Å². The Morgan fingerprint density at radius 1 is 1.33 bits per heavy atom. The Labute approximate surface area is 92.7 Å². The SMILES string of the molecule is CNCC(C(C)C)C(NC)c1cc[nH]c1. The van der Waals surface area contributed by atoms with E-state index in [1.807, 2.05) is 20.3 Å². The third-order valence-corrected chi connectivity index (χ3v) is 3.02. The van der Waals surface area contributed by atoms with E-state index in [1.165, 1.54) is 5.56 Å². The molecule has 1 aromatic heterocycles. The minimum Gasteiger partial charge on any atom is -0.367 e. The second-order valence-corrected chi connectivity index (χ2v) is 4.38. The Hall–Kier alpha value is -0.800. The van der Waals surface area contributed by atoms with Crippen LogP contribution < -0.4 is 10.6 Å². The van der Waals surface area contributed by atoms with E-state index >= 15 is 0 Å². The molecule has 86 valence electrons. The van der Waals surface area contributed by atoms with Gasteiger partial charge in [-0.25, -0.2) is 0 Å². The lowest BCUT2D eigenvalue weighted by molar-refractivity contribution is 0.285. The van der Waals surface area contributed by atoms with Crippen LogP contribution in [0.5, 0.6) is 0 Å². The van der Waals surface area contributed by atoms with Gasteiger partial charge in [-0.3, -0.25) is 0 Å². The monoisotopic (exact) mass is 209 g/mol. The summed E-state index contributed by atoms with van der Waals surface area (Å²) < 4.78 is 0. The molecule has 3 heteroatoms. The van der Waals surface area contributed by atoms with Crippen LogP contribution in [0.1, 0.15) is 25.5 Å². The van der Waals surface area contributed by atoms with Crippen molar-refractivity contribution in [3.63, 3.8) is 0 Å². The lowest BCUT2D eigenvalue weighted by Gasteiger charge is -2.29. The predicted molar refractivity (Wildman–Crippen MR) is 64.8 cm³/mol. The van der Waals surface area contributed by atoms with E-state index in [0.717, 1.165) is 6.54 Å². The largest absolute Gasteiger partial charge is 0.367 e. The fraction of sp³-hybridized carbons (Fsp3) is 0.667. The van der Waals surface area contributed by atoms with E-state index in [-0.39, 0.29) is 0 Å². The fourth-order valence-electron chi connectivity index (χ4n) is 2.13. The van der Waals surface area contributed by atoms with Crippen LogP contribution in [0.2, 0.25) is 0 Å². The van der Waals surface area contributed by atoms with Crippen LogP contribution in [0.15, 0.2) is 18.5 Å². The predicted octanol–water partition coefficient (Wildman–Crippen LogP) is 1.77. The first kappa shape index (κ1) is 12.3. The summed E-state index contributed by atoms with van der Waals surface area (Å²) in [5.74, 6) is 1.26. The molecule has 3 N–H and O–H groups in total. The second kappa shape index (κ2) is 5.93. The van der Waals surface area contributed by atoms with Gasteiger partial charge in [-0.1, -0.05) is 13.8 Å². The molecule has 0 amide bonds. The van der Waals surface area contributed by atoms with Gasteiger partial charge in [0.1, 0.15) is 0 Å². The molecule has 1 heterocycles. The summed E-state index contributed by atoms with van der Waals surface area (Å²) in [6.07, 6.45) is 4.06. The van der Waals surface area contributed by atoms with Crippen LogP contribution in [-0.4, -0.2) is 25.6 Å². The van der Waals surface area contributed by atoms with Crippen molar-refractivity contribution in [2.24, 2.45) is 11.8 Å². The van der Waals surface area contributed by atoms with Crippen molar-refractivity contribution in [3.8, 4) is 0 Å². The van der Waals surface area contributed by atoms with Crippen LogP contribution in [-0.2, 0) is 0 Å². The minimum absolute atomic E-state index is 0.420. The van der Waals surface area contributed by atoms with Gasteiger partial charge in [0.2, 0.25) is 0 Å². The van der Waals surface area contributed by atoms with Crippen LogP contribution in [0.25, 0.3) is 0 Å². The van der Waals surface area contributed by atoms with Gasteiger partial charge >= 0.3 is 0 Å². The Morgan fingerprint density at radius 2 is 2.07 bits per heavy atom. The highest BCUT2D eigenvalue weighted by molar-refractivity contribution is 5.15. The molecule has 0 fully saturated rings. The number of aromatic nitrogens is 1. The van der Waals surface area contributed by atoms with Gasteiger partial charge in [0, 0.05) is 18.4 Å². The highest BCUT2D eigenvalue weighted by atomic mass is 14.9. The molecule has 0 aliphatic heterocycles. The maximum Gasteiger partial charge on any atom is 0.0375 e. The molecule has 0 aromatic carbocycles. The average molecular weight is 209 g/mol. The standard InChI is InChI=1S/C12H23N3/c1-9(2)11(8-13-3)12(14-4)10-5-6-15-7-10/h5-7,9,11-15H,8H2,1-4H3. The normalized spacial score (nSPS) is 15.5. The Morgan fingerprint density at radius 3 is 2.47 bits per heavy atom. The molecule has 0 saturated heterocycles. The van der Waals surface area contributed by atoms with E-state index in [2.05, 4.69) is 41.7 Å². The Balaban J connectivity index is 2.78. The molecular formula is C12H23N3. The molecule has 2 unspecified atom stereocenters. The average Bonchev–Trinajstić information content (AvgIpc) is 2.71. The van der Waals surface area contributed by atoms with E-state index in [0.29, 0.717) is 17.9 Å². The minimum atomic E-state index is 0.420. The van der Waals surface area contributed by atoms with Gasteiger partial charge in [0.15, 0.2) is 0 Å². The van der Waals surface area contributed by atoms with Crippen LogP contribution >= 0.6 is 0 Å². The molecule has 0 bridgehead atoms. The highest BCUT2D eigenvalue weighted by Crippen LogP contribution is 2.26. The van der Waals surface area contributed by atoms with Gasteiger partial charge in [-0.2, -0.15) is 0 Å². The summed E-state index contributed by atoms with van der Waals surface area (Å²) in [6.45, 7) is 5.59. The molecule has 0 radical (unpaired) electrons. The van der Waals surface area contributed by atoms with Crippen molar-refractivity contribution in [2.45, 2.75) is 19.9 Å². The Bertz CT molecular complexity index is 254. The molecular weight excluding hydrogens is 186 g/mol. The van der Waals surface area contributed by atoms with E-state index in [9.17, 15) is 0 Å². The first-order valence-electron chi connectivity index (χ1n) is 5.65. The van der Waals surface area contributed by atoms with Gasteiger partial charge in [-0.15, -0.1) is 0 Å². The fourth-order valence-corrected chi connectivity index (χ4v) is 2.13. The van der Waals surface area contributed by atoms with Crippen molar-refractivity contribution in [2.75, 3.05) is 20.6 Å². The first-order valence-corrected chi connectivity index (χ1v) is 5.65. The summed E-state index contributed by atoms with van der Waals surface area (Å²) >= 11 is 0. The number of H-pyrrole nitrogens is 1. The lowest BCUT2D eigenvalue weighted by atomic mass is 9.85. The molecule has 1 aromatic rings. The van der Waals surface area contributed by atoms with Gasteiger partial charge in [0.05, 0.1) is 0 Å².